The number of carbonyl (C=O) groups excluding carboxylic acids is 2. The van der Waals surface area contributed by atoms with Crippen LogP contribution in [0.15, 0.2) is 12.1 Å². The molecule has 6 rings (SSSR count). The molecule has 6 nitrogen and oxygen atoms in total. The van der Waals surface area contributed by atoms with Gasteiger partial charge in [0.05, 0.1) is 5.41 Å². The summed E-state index contributed by atoms with van der Waals surface area (Å²) in [5, 5.41) is 5.69. The zero-order valence-electron chi connectivity index (χ0n) is 13.5. The minimum Gasteiger partial charge on any atom is -0.480 e. The zero-order chi connectivity index (χ0) is 16.3. The molecule has 4 aliphatic carbocycles. The van der Waals surface area contributed by atoms with Crippen molar-refractivity contribution in [3.05, 3.63) is 12.1 Å². The van der Waals surface area contributed by atoms with Crippen LogP contribution in [0.1, 0.15) is 38.5 Å². The van der Waals surface area contributed by atoms with Gasteiger partial charge < -0.3 is 15.4 Å². The number of nitrogens with zero attached hydrogens (tertiary/aromatic N) is 1. The predicted octanol–water partition coefficient (Wildman–Crippen LogP) is 2.57. The lowest BCUT2D eigenvalue weighted by atomic mass is 9.49. The van der Waals surface area contributed by atoms with Crippen LogP contribution in [0.4, 0.5) is 11.6 Å². The molecule has 1 aromatic heterocycles. The maximum Gasteiger partial charge on any atom is 0.263 e. The molecular weight excluding hydrogens is 306 g/mol. The molecule has 0 spiro atoms. The van der Waals surface area contributed by atoms with Crippen molar-refractivity contribution in [2.75, 3.05) is 17.2 Å². The number of anilines is 2. The lowest BCUT2D eigenvalue weighted by Gasteiger charge is -2.55. The molecule has 5 aliphatic rings. The molecule has 2 amide bonds. The third-order valence-electron chi connectivity index (χ3n) is 6.24. The van der Waals surface area contributed by atoms with Gasteiger partial charge in [0.2, 0.25) is 5.91 Å². The molecule has 4 bridgehead atoms. The van der Waals surface area contributed by atoms with Gasteiger partial charge in [-0.25, -0.2) is 4.98 Å². The molecule has 6 heteroatoms. The maximum atomic E-state index is 13.0. The summed E-state index contributed by atoms with van der Waals surface area (Å²) in [5.74, 6) is 3.48. The van der Waals surface area contributed by atoms with E-state index in [1.165, 1.54) is 19.3 Å². The largest absolute Gasteiger partial charge is 0.480 e. The lowest BCUT2D eigenvalue weighted by Crippen LogP contribution is -2.51. The zero-order valence-corrected chi connectivity index (χ0v) is 13.5. The highest BCUT2D eigenvalue weighted by atomic mass is 16.5. The van der Waals surface area contributed by atoms with Crippen LogP contribution in [0.3, 0.4) is 0 Å². The van der Waals surface area contributed by atoms with Gasteiger partial charge >= 0.3 is 0 Å². The number of ether oxygens (including phenoxy) is 1. The fourth-order valence-corrected chi connectivity index (χ4v) is 5.67. The maximum absolute atomic E-state index is 13.0. The molecule has 4 fully saturated rings. The Morgan fingerprint density at radius 3 is 2.50 bits per heavy atom. The Morgan fingerprint density at radius 2 is 1.83 bits per heavy atom. The van der Waals surface area contributed by atoms with Crippen molar-refractivity contribution in [1.29, 1.82) is 0 Å². The van der Waals surface area contributed by atoms with Crippen molar-refractivity contribution >= 4 is 23.5 Å². The smallest absolute Gasteiger partial charge is 0.263 e. The van der Waals surface area contributed by atoms with E-state index in [1.807, 2.05) is 0 Å². The second-order valence-corrected chi connectivity index (χ2v) is 8.03. The van der Waals surface area contributed by atoms with Crippen LogP contribution >= 0.6 is 0 Å². The van der Waals surface area contributed by atoms with Gasteiger partial charge in [-0.3, -0.25) is 9.59 Å². The normalized spacial score (nSPS) is 35.8. The van der Waals surface area contributed by atoms with Crippen molar-refractivity contribution in [3.63, 3.8) is 0 Å². The van der Waals surface area contributed by atoms with Crippen molar-refractivity contribution in [1.82, 2.24) is 4.98 Å². The first-order valence-electron chi connectivity index (χ1n) is 8.85. The second-order valence-electron chi connectivity index (χ2n) is 8.03. The first-order chi connectivity index (χ1) is 11.6. The molecule has 1 aliphatic heterocycles. The SMILES string of the molecule is O=C1COc2ccc(NC(=O)C34CC5CC(CC(C5)C3)C4)nc2N1. The number of rotatable bonds is 2. The summed E-state index contributed by atoms with van der Waals surface area (Å²) in [6.07, 6.45) is 7.01. The number of carbonyl (C=O) groups is 2. The van der Waals surface area contributed by atoms with Crippen molar-refractivity contribution in [2.45, 2.75) is 38.5 Å². The molecule has 0 saturated heterocycles. The summed E-state index contributed by atoms with van der Waals surface area (Å²) in [6, 6.07) is 3.49. The monoisotopic (exact) mass is 327 g/mol. The van der Waals surface area contributed by atoms with Crippen molar-refractivity contribution < 1.29 is 14.3 Å². The average molecular weight is 327 g/mol. The van der Waals surface area contributed by atoms with E-state index in [9.17, 15) is 9.59 Å². The van der Waals surface area contributed by atoms with E-state index in [0.29, 0.717) is 17.4 Å². The third-order valence-corrected chi connectivity index (χ3v) is 6.24. The molecule has 0 atom stereocenters. The summed E-state index contributed by atoms with van der Waals surface area (Å²) in [4.78, 5) is 28.8. The van der Waals surface area contributed by atoms with Gasteiger partial charge in [0.15, 0.2) is 18.2 Å². The van der Waals surface area contributed by atoms with Crippen LogP contribution in [0, 0.1) is 23.2 Å². The van der Waals surface area contributed by atoms with Crippen LogP contribution < -0.4 is 15.4 Å². The number of amides is 2. The highest BCUT2D eigenvalue weighted by molar-refractivity contribution is 5.97. The van der Waals surface area contributed by atoms with Crippen LogP contribution in [-0.4, -0.2) is 23.4 Å². The van der Waals surface area contributed by atoms with E-state index >= 15 is 0 Å². The summed E-state index contributed by atoms with van der Waals surface area (Å²) in [6.45, 7) is 0.00760. The number of pyridine rings is 1. The first-order valence-corrected chi connectivity index (χ1v) is 8.85. The van der Waals surface area contributed by atoms with E-state index in [1.54, 1.807) is 12.1 Å². The summed E-state index contributed by atoms with van der Waals surface area (Å²) in [5.41, 5.74) is -0.202. The fourth-order valence-electron chi connectivity index (χ4n) is 5.67. The highest BCUT2D eigenvalue weighted by Gasteiger charge is 2.54. The van der Waals surface area contributed by atoms with E-state index < -0.39 is 0 Å². The number of hydrogen-bond acceptors (Lipinski definition) is 4. The molecular formula is C18H21N3O3. The molecule has 24 heavy (non-hydrogen) atoms. The molecule has 1 aromatic rings. The topological polar surface area (TPSA) is 80.3 Å². The van der Waals surface area contributed by atoms with Crippen molar-refractivity contribution in [2.24, 2.45) is 23.2 Å². The van der Waals surface area contributed by atoms with E-state index in [-0.39, 0.29) is 23.8 Å². The number of aromatic nitrogens is 1. The molecule has 0 aromatic carbocycles. The van der Waals surface area contributed by atoms with Gasteiger partial charge in [0.25, 0.3) is 5.91 Å². The van der Waals surface area contributed by atoms with Gasteiger partial charge in [0, 0.05) is 0 Å². The molecule has 0 radical (unpaired) electrons. The number of hydrogen-bond donors (Lipinski definition) is 2. The van der Waals surface area contributed by atoms with E-state index in [4.69, 9.17) is 4.74 Å². The van der Waals surface area contributed by atoms with Gasteiger partial charge in [-0.15, -0.1) is 0 Å². The molecule has 2 heterocycles. The third kappa shape index (κ3) is 2.19. The van der Waals surface area contributed by atoms with Crippen LogP contribution in [0.2, 0.25) is 0 Å². The second kappa shape index (κ2) is 4.94. The fraction of sp³-hybridized carbons (Fsp3) is 0.611. The number of nitrogens with one attached hydrogen (secondary N) is 2. The van der Waals surface area contributed by atoms with Gasteiger partial charge in [0.1, 0.15) is 5.82 Å². The Balaban J connectivity index is 1.37. The van der Waals surface area contributed by atoms with Crippen molar-refractivity contribution in [3.8, 4) is 5.75 Å². The Labute approximate surface area is 140 Å². The standard InChI is InChI=1S/C18H21N3O3/c22-15-9-24-13-1-2-14(19-16(13)21-15)20-17(23)18-6-10-3-11(7-18)5-12(4-10)8-18/h1-2,10-12H,3-9H2,(H2,19,20,21,22,23). The van der Waals surface area contributed by atoms with Gasteiger partial charge in [-0.1, -0.05) is 0 Å². The lowest BCUT2D eigenvalue weighted by molar-refractivity contribution is -0.140. The molecule has 4 saturated carbocycles. The molecule has 0 unspecified atom stereocenters. The van der Waals surface area contributed by atoms with Gasteiger partial charge in [-0.05, 0) is 68.4 Å². The minimum atomic E-state index is -0.223. The van der Waals surface area contributed by atoms with Gasteiger partial charge in [-0.2, -0.15) is 0 Å². The van der Waals surface area contributed by atoms with E-state index in [0.717, 1.165) is 37.0 Å². The minimum absolute atomic E-state index is 0.00760. The molecule has 2 N–H and O–H groups in total. The molecule has 126 valence electrons. The first kappa shape index (κ1) is 14.3. The summed E-state index contributed by atoms with van der Waals surface area (Å²) < 4.78 is 5.31. The predicted molar refractivity (Wildman–Crippen MR) is 87.6 cm³/mol. The number of fused-ring (bicyclic) bond motifs is 1. The summed E-state index contributed by atoms with van der Waals surface area (Å²) >= 11 is 0. The van der Waals surface area contributed by atoms with Crippen LogP contribution in [-0.2, 0) is 9.59 Å². The quantitative estimate of drug-likeness (QED) is 0.875. The highest BCUT2D eigenvalue weighted by Crippen LogP contribution is 2.60. The Hall–Kier alpha value is -2.11. The van der Waals surface area contributed by atoms with E-state index in [2.05, 4.69) is 15.6 Å². The van der Waals surface area contributed by atoms with Crippen LogP contribution in [0.5, 0.6) is 5.75 Å². The average Bonchev–Trinajstić information content (AvgIpc) is 2.53. The Morgan fingerprint density at radius 1 is 1.17 bits per heavy atom. The van der Waals surface area contributed by atoms with Crippen LogP contribution in [0.25, 0.3) is 0 Å². The summed E-state index contributed by atoms with van der Waals surface area (Å²) in [7, 11) is 0. The Kier molecular flexibility index (Phi) is 2.94. The Bertz CT molecular complexity index is 695.